The maximum absolute atomic E-state index is 12.9. The minimum Gasteiger partial charge on any atom is -0.459 e. The Kier molecular flexibility index (Phi) is 6.07. The predicted octanol–water partition coefficient (Wildman–Crippen LogP) is 4.49. The molecule has 9 heteroatoms. The molecule has 0 radical (unpaired) electrons. The van der Waals surface area contributed by atoms with E-state index in [2.05, 4.69) is 15.4 Å². The normalized spacial score (nSPS) is 11.5. The van der Waals surface area contributed by atoms with Gasteiger partial charge in [-0.2, -0.15) is 0 Å². The Labute approximate surface area is 185 Å². The lowest BCUT2D eigenvalue weighted by molar-refractivity contribution is -0.126. The number of aryl methyl sites for hydroxylation is 2. The van der Waals surface area contributed by atoms with Gasteiger partial charge in [-0.25, -0.2) is 0 Å². The van der Waals surface area contributed by atoms with Crippen LogP contribution in [0.2, 0.25) is 0 Å². The molecule has 0 aliphatic heterocycles. The first-order valence-electron chi connectivity index (χ1n) is 10.4. The summed E-state index contributed by atoms with van der Waals surface area (Å²) in [7, 11) is 0. The number of rotatable bonds is 8. The molecular weight excluding hydrogens is 410 g/mol. The second-order valence-electron chi connectivity index (χ2n) is 7.53. The highest BCUT2D eigenvalue weighted by molar-refractivity contribution is 5.92. The van der Waals surface area contributed by atoms with Gasteiger partial charge < -0.3 is 18.3 Å². The van der Waals surface area contributed by atoms with Gasteiger partial charge in [0.15, 0.2) is 11.6 Å². The van der Waals surface area contributed by atoms with E-state index in [-0.39, 0.29) is 12.5 Å². The molecule has 0 atom stereocenters. The molecule has 0 fully saturated rings. The lowest BCUT2D eigenvalue weighted by Crippen LogP contribution is -2.29. The van der Waals surface area contributed by atoms with Crippen molar-refractivity contribution in [2.75, 3.05) is 6.54 Å². The average Bonchev–Trinajstić information content (AvgIpc) is 3.55. The summed E-state index contributed by atoms with van der Waals surface area (Å²) >= 11 is 0. The molecule has 0 spiro atoms. The first-order chi connectivity index (χ1) is 15.5. The second kappa shape index (κ2) is 9.09. The van der Waals surface area contributed by atoms with Crippen LogP contribution in [0, 0.1) is 20.8 Å². The van der Waals surface area contributed by atoms with Crippen molar-refractivity contribution in [2.24, 2.45) is 0 Å². The van der Waals surface area contributed by atoms with Crippen molar-refractivity contribution in [2.45, 2.75) is 40.7 Å². The zero-order chi connectivity index (χ0) is 22.7. The highest BCUT2D eigenvalue weighted by Gasteiger charge is 2.17. The Balaban J connectivity index is 1.50. The molecule has 0 bridgehead atoms. The molecule has 0 aliphatic carbocycles. The maximum Gasteiger partial charge on any atom is 0.283 e. The largest absolute Gasteiger partial charge is 0.459 e. The van der Waals surface area contributed by atoms with E-state index in [9.17, 15) is 4.79 Å². The van der Waals surface area contributed by atoms with Crippen LogP contribution in [0.4, 0.5) is 0 Å². The minimum absolute atomic E-state index is 0.133. The molecule has 0 aliphatic rings. The first-order valence-corrected chi connectivity index (χ1v) is 10.4. The van der Waals surface area contributed by atoms with Gasteiger partial charge in [0.05, 0.1) is 12.8 Å². The maximum atomic E-state index is 12.9. The van der Waals surface area contributed by atoms with Gasteiger partial charge in [-0.1, -0.05) is 12.1 Å². The summed E-state index contributed by atoms with van der Waals surface area (Å²) in [5, 5.41) is 12.1. The van der Waals surface area contributed by atoms with Crippen LogP contribution < -0.4 is 0 Å². The fourth-order valence-corrected chi connectivity index (χ4v) is 3.55. The molecule has 4 aromatic rings. The van der Waals surface area contributed by atoms with E-state index >= 15 is 0 Å². The molecular formula is C23H25N5O4. The van der Waals surface area contributed by atoms with E-state index < -0.39 is 0 Å². The summed E-state index contributed by atoms with van der Waals surface area (Å²) in [6, 6.07) is 7.38. The number of amides is 1. The summed E-state index contributed by atoms with van der Waals surface area (Å²) < 4.78 is 18.1. The smallest absolute Gasteiger partial charge is 0.283 e. The molecule has 0 saturated heterocycles. The van der Waals surface area contributed by atoms with Crippen molar-refractivity contribution in [1.82, 2.24) is 24.8 Å². The summed E-state index contributed by atoms with van der Waals surface area (Å²) in [6.07, 6.45) is 5.73. The minimum atomic E-state index is -0.133. The monoisotopic (exact) mass is 435 g/mol. The van der Waals surface area contributed by atoms with E-state index in [0.29, 0.717) is 24.1 Å². The molecule has 4 heterocycles. The molecule has 166 valence electrons. The molecule has 9 nitrogen and oxygen atoms in total. The van der Waals surface area contributed by atoms with Crippen LogP contribution in [0.3, 0.4) is 0 Å². The van der Waals surface area contributed by atoms with E-state index in [1.165, 1.54) is 6.26 Å². The van der Waals surface area contributed by atoms with Crippen LogP contribution in [0.5, 0.6) is 0 Å². The Bertz CT molecular complexity index is 1230. The fourth-order valence-electron chi connectivity index (χ4n) is 3.55. The molecule has 4 rings (SSSR count). The lowest BCUT2D eigenvalue weighted by Gasteiger charge is -2.18. The molecule has 1 amide bonds. The topological polar surface area (TPSA) is 103 Å². The van der Waals surface area contributed by atoms with E-state index in [4.69, 9.17) is 13.4 Å². The zero-order valence-corrected chi connectivity index (χ0v) is 18.5. The van der Waals surface area contributed by atoms with Gasteiger partial charge in [0.2, 0.25) is 11.8 Å². The molecule has 32 heavy (non-hydrogen) atoms. The number of aromatic nitrogens is 4. The Morgan fingerprint density at radius 3 is 2.75 bits per heavy atom. The van der Waals surface area contributed by atoms with E-state index in [1.807, 2.05) is 50.5 Å². The van der Waals surface area contributed by atoms with Gasteiger partial charge in [-0.15, -0.1) is 10.2 Å². The number of hydrogen-bond donors (Lipinski definition) is 0. The Hall–Kier alpha value is -3.88. The summed E-state index contributed by atoms with van der Waals surface area (Å²) in [5.41, 5.74) is 2.91. The van der Waals surface area contributed by atoms with Gasteiger partial charge in [-0.3, -0.25) is 9.36 Å². The first kappa shape index (κ1) is 21.4. The van der Waals surface area contributed by atoms with Gasteiger partial charge >= 0.3 is 0 Å². The van der Waals surface area contributed by atoms with Crippen LogP contribution >= 0.6 is 0 Å². The van der Waals surface area contributed by atoms with Crippen molar-refractivity contribution in [1.29, 1.82) is 0 Å². The van der Waals surface area contributed by atoms with Crippen LogP contribution in [-0.2, 0) is 11.3 Å². The van der Waals surface area contributed by atoms with Crippen LogP contribution in [0.15, 0.2) is 50.0 Å². The van der Waals surface area contributed by atoms with Gasteiger partial charge in [0, 0.05) is 30.1 Å². The number of carbonyl (C=O) groups is 1. The van der Waals surface area contributed by atoms with Crippen LogP contribution in [0.25, 0.3) is 23.5 Å². The number of furan rings is 1. The fraction of sp³-hybridized carbons (Fsp3) is 0.304. The average molecular weight is 435 g/mol. The summed E-state index contributed by atoms with van der Waals surface area (Å²) in [6.45, 7) is 8.64. The van der Waals surface area contributed by atoms with Crippen molar-refractivity contribution in [3.63, 3.8) is 0 Å². The molecule has 0 N–H and O–H groups in total. The molecule has 4 aromatic heterocycles. The van der Waals surface area contributed by atoms with Crippen molar-refractivity contribution < 1.29 is 18.2 Å². The van der Waals surface area contributed by atoms with Crippen LogP contribution in [0.1, 0.15) is 41.9 Å². The summed E-state index contributed by atoms with van der Waals surface area (Å²) in [4.78, 5) is 14.6. The third-order valence-corrected chi connectivity index (χ3v) is 5.05. The number of hydrogen-bond acceptors (Lipinski definition) is 7. The lowest BCUT2D eigenvalue weighted by atomic mass is 10.2. The van der Waals surface area contributed by atoms with Crippen molar-refractivity contribution in [3.8, 4) is 17.5 Å². The van der Waals surface area contributed by atoms with Gasteiger partial charge in [0.25, 0.3) is 5.89 Å². The number of nitrogens with zero attached hydrogens (tertiary/aromatic N) is 5. The van der Waals surface area contributed by atoms with Gasteiger partial charge in [0.1, 0.15) is 5.76 Å². The second-order valence-corrected chi connectivity index (χ2v) is 7.53. The SMILES string of the molecule is CCCN(Cc1nnc(-c2ccco2)o1)C(=O)/C=C/c1cc(C)n(-c2cc(C)on2)c1C. The zero-order valence-electron chi connectivity index (χ0n) is 18.5. The van der Waals surface area contributed by atoms with E-state index in [1.54, 1.807) is 23.1 Å². The summed E-state index contributed by atoms with van der Waals surface area (Å²) in [5.74, 6) is 2.47. The third kappa shape index (κ3) is 4.41. The highest BCUT2D eigenvalue weighted by atomic mass is 16.5. The number of carbonyl (C=O) groups excluding carboxylic acids is 1. The molecule has 0 unspecified atom stereocenters. The quantitative estimate of drug-likeness (QED) is 0.376. The van der Waals surface area contributed by atoms with Crippen molar-refractivity contribution in [3.05, 3.63) is 65.2 Å². The molecule has 0 aromatic carbocycles. The predicted molar refractivity (Wildman–Crippen MR) is 117 cm³/mol. The highest BCUT2D eigenvalue weighted by Crippen LogP contribution is 2.22. The third-order valence-electron chi connectivity index (χ3n) is 5.05. The van der Waals surface area contributed by atoms with Crippen molar-refractivity contribution >= 4 is 12.0 Å². The van der Waals surface area contributed by atoms with Gasteiger partial charge in [-0.05, 0) is 57.0 Å². The van der Waals surface area contributed by atoms with Crippen LogP contribution in [-0.4, -0.2) is 37.3 Å². The Morgan fingerprint density at radius 1 is 1.22 bits per heavy atom. The van der Waals surface area contributed by atoms with E-state index in [0.717, 1.165) is 35.0 Å². The standard InChI is InChI=1S/C23H25N5O4/c1-5-10-27(14-21-24-25-23(31-21)19-7-6-11-30-19)22(29)9-8-18-12-15(2)28(17(18)4)20-13-16(3)32-26-20/h6-9,11-13H,5,10,14H2,1-4H3/b9-8+. The molecule has 0 saturated carbocycles. The Morgan fingerprint density at radius 2 is 2.06 bits per heavy atom.